The lowest BCUT2D eigenvalue weighted by atomic mass is 9.96. The lowest BCUT2D eigenvalue weighted by Gasteiger charge is -2.27. The SMILES string of the molecule is COc1ccc(C2CCCN2C(=O)CNC(=O)C(C)(C)C)c(OC)c1. The second-order valence-electron chi connectivity index (χ2n) is 7.29. The summed E-state index contributed by atoms with van der Waals surface area (Å²) in [5.74, 6) is 1.23. The second-order valence-corrected chi connectivity index (χ2v) is 7.29. The van der Waals surface area contributed by atoms with Crippen LogP contribution >= 0.6 is 0 Å². The van der Waals surface area contributed by atoms with Crippen LogP contribution in [0.15, 0.2) is 18.2 Å². The number of carbonyl (C=O) groups excluding carboxylic acids is 2. The van der Waals surface area contributed by atoms with Crippen LogP contribution < -0.4 is 14.8 Å². The first kappa shape index (κ1) is 19.1. The number of nitrogens with one attached hydrogen (secondary N) is 1. The molecule has 0 aliphatic carbocycles. The van der Waals surface area contributed by atoms with Crippen LogP contribution in [0.3, 0.4) is 0 Å². The van der Waals surface area contributed by atoms with Gasteiger partial charge in [0.05, 0.1) is 26.8 Å². The van der Waals surface area contributed by atoms with Gasteiger partial charge in [-0.05, 0) is 25.0 Å². The van der Waals surface area contributed by atoms with E-state index < -0.39 is 5.41 Å². The van der Waals surface area contributed by atoms with Crippen molar-refractivity contribution in [3.8, 4) is 11.5 Å². The number of carbonyl (C=O) groups is 2. The molecular weight excluding hydrogens is 320 g/mol. The molecule has 6 heteroatoms. The predicted molar refractivity (Wildman–Crippen MR) is 95.7 cm³/mol. The molecule has 1 aliphatic rings. The molecular formula is C19H28N2O4. The van der Waals surface area contributed by atoms with Crippen molar-refractivity contribution >= 4 is 11.8 Å². The highest BCUT2D eigenvalue weighted by atomic mass is 16.5. The van der Waals surface area contributed by atoms with E-state index in [-0.39, 0.29) is 24.4 Å². The molecule has 0 aromatic heterocycles. The zero-order valence-electron chi connectivity index (χ0n) is 15.7. The molecule has 0 bridgehead atoms. The summed E-state index contributed by atoms with van der Waals surface area (Å²) in [5.41, 5.74) is 0.459. The van der Waals surface area contributed by atoms with Gasteiger partial charge in [0, 0.05) is 23.6 Å². The van der Waals surface area contributed by atoms with Crippen molar-refractivity contribution in [1.82, 2.24) is 10.2 Å². The van der Waals surface area contributed by atoms with E-state index in [0.717, 1.165) is 18.4 Å². The second kappa shape index (κ2) is 7.76. The molecule has 1 atom stereocenters. The minimum Gasteiger partial charge on any atom is -0.497 e. The smallest absolute Gasteiger partial charge is 0.242 e. The molecule has 1 heterocycles. The van der Waals surface area contributed by atoms with E-state index in [1.165, 1.54) is 0 Å². The zero-order valence-corrected chi connectivity index (χ0v) is 15.7. The summed E-state index contributed by atoms with van der Waals surface area (Å²) >= 11 is 0. The van der Waals surface area contributed by atoms with E-state index in [2.05, 4.69) is 5.32 Å². The zero-order chi connectivity index (χ0) is 18.6. The highest BCUT2D eigenvalue weighted by molar-refractivity contribution is 5.87. The van der Waals surface area contributed by atoms with Crippen LogP contribution in [0.2, 0.25) is 0 Å². The molecule has 25 heavy (non-hydrogen) atoms. The van der Waals surface area contributed by atoms with Crippen LogP contribution in [0.5, 0.6) is 11.5 Å². The molecule has 2 rings (SSSR count). The van der Waals surface area contributed by atoms with Crippen molar-refractivity contribution in [3.63, 3.8) is 0 Å². The standard InChI is InChI=1S/C19H28N2O4/c1-19(2,3)18(23)20-12-17(22)21-10-6-7-15(21)14-9-8-13(24-4)11-16(14)25-5/h8-9,11,15H,6-7,10,12H2,1-5H3,(H,20,23). The van der Waals surface area contributed by atoms with Crippen LogP contribution in [0.25, 0.3) is 0 Å². The Bertz CT molecular complexity index is 637. The molecule has 0 radical (unpaired) electrons. The Morgan fingerprint density at radius 1 is 1.24 bits per heavy atom. The van der Waals surface area contributed by atoms with Crippen molar-refractivity contribution < 1.29 is 19.1 Å². The van der Waals surface area contributed by atoms with Crippen molar-refractivity contribution in [1.29, 1.82) is 0 Å². The van der Waals surface area contributed by atoms with Gasteiger partial charge in [-0.25, -0.2) is 0 Å². The third-order valence-electron chi connectivity index (χ3n) is 4.45. The van der Waals surface area contributed by atoms with Crippen molar-refractivity contribution in [2.24, 2.45) is 5.41 Å². The minimum absolute atomic E-state index is 0.0189. The molecule has 0 spiro atoms. The Balaban J connectivity index is 2.12. The van der Waals surface area contributed by atoms with Gasteiger partial charge in [-0.1, -0.05) is 20.8 Å². The molecule has 1 fully saturated rings. The van der Waals surface area contributed by atoms with Gasteiger partial charge in [0.25, 0.3) is 0 Å². The largest absolute Gasteiger partial charge is 0.497 e. The molecule has 6 nitrogen and oxygen atoms in total. The maximum absolute atomic E-state index is 12.6. The lowest BCUT2D eigenvalue weighted by Crippen LogP contribution is -2.43. The third kappa shape index (κ3) is 4.44. The lowest BCUT2D eigenvalue weighted by molar-refractivity contribution is -0.135. The molecule has 1 unspecified atom stereocenters. The van der Waals surface area contributed by atoms with E-state index in [1.54, 1.807) is 14.2 Å². The van der Waals surface area contributed by atoms with Crippen molar-refractivity contribution in [3.05, 3.63) is 23.8 Å². The van der Waals surface area contributed by atoms with E-state index >= 15 is 0 Å². The topological polar surface area (TPSA) is 67.9 Å². The van der Waals surface area contributed by atoms with E-state index in [1.807, 2.05) is 43.9 Å². The highest BCUT2D eigenvalue weighted by Crippen LogP contribution is 2.38. The number of ether oxygens (including phenoxy) is 2. The predicted octanol–water partition coefficient (Wildman–Crippen LogP) is 2.53. The Kier molecular flexibility index (Phi) is 5.93. The summed E-state index contributed by atoms with van der Waals surface area (Å²) in [6.45, 7) is 6.18. The van der Waals surface area contributed by atoms with Gasteiger partial charge in [-0.15, -0.1) is 0 Å². The third-order valence-corrected chi connectivity index (χ3v) is 4.45. The number of hydrogen-bond donors (Lipinski definition) is 1. The monoisotopic (exact) mass is 348 g/mol. The van der Waals surface area contributed by atoms with Gasteiger partial charge < -0.3 is 19.7 Å². The summed E-state index contributed by atoms with van der Waals surface area (Å²) in [6, 6.07) is 5.61. The Hall–Kier alpha value is -2.24. The summed E-state index contributed by atoms with van der Waals surface area (Å²) in [7, 11) is 3.22. The van der Waals surface area contributed by atoms with Crippen LogP contribution in [0.1, 0.15) is 45.2 Å². The normalized spacial score (nSPS) is 17.3. The molecule has 1 aromatic carbocycles. The van der Waals surface area contributed by atoms with Gasteiger partial charge in [0.15, 0.2) is 0 Å². The number of nitrogens with zero attached hydrogens (tertiary/aromatic N) is 1. The number of rotatable bonds is 5. The van der Waals surface area contributed by atoms with Crippen molar-refractivity contribution in [2.45, 2.75) is 39.7 Å². The van der Waals surface area contributed by atoms with Gasteiger partial charge >= 0.3 is 0 Å². The quantitative estimate of drug-likeness (QED) is 0.888. The maximum Gasteiger partial charge on any atom is 0.242 e. The van der Waals surface area contributed by atoms with Crippen LogP contribution in [-0.2, 0) is 9.59 Å². The number of likely N-dealkylation sites (tertiary alicyclic amines) is 1. The fourth-order valence-corrected chi connectivity index (χ4v) is 3.00. The van der Waals surface area contributed by atoms with Gasteiger partial charge in [0.1, 0.15) is 11.5 Å². The average Bonchev–Trinajstić information content (AvgIpc) is 3.07. The molecule has 1 saturated heterocycles. The molecule has 1 aromatic rings. The molecule has 2 amide bonds. The Morgan fingerprint density at radius 3 is 2.56 bits per heavy atom. The van der Waals surface area contributed by atoms with Crippen LogP contribution in [0.4, 0.5) is 0 Å². The number of methoxy groups -OCH3 is 2. The van der Waals surface area contributed by atoms with Crippen LogP contribution in [-0.4, -0.2) is 44.0 Å². The Morgan fingerprint density at radius 2 is 1.96 bits per heavy atom. The molecule has 1 N–H and O–H groups in total. The maximum atomic E-state index is 12.6. The minimum atomic E-state index is -0.510. The van der Waals surface area contributed by atoms with E-state index in [4.69, 9.17) is 9.47 Å². The summed E-state index contributed by atoms with van der Waals surface area (Å²) < 4.78 is 10.7. The summed E-state index contributed by atoms with van der Waals surface area (Å²) in [5, 5.41) is 2.74. The van der Waals surface area contributed by atoms with Gasteiger partial charge in [0.2, 0.25) is 11.8 Å². The summed E-state index contributed by atoms with van der Waals surface area (Å²) in [6.07, 6.45) is 1.81. The molecule has 0 saturated carbocycles. The van der Waals surface area contributed by atoms with Gasteiger partial charge in [-0.3, -0.25) is 9.59 Å². The fraction of sp³-hybridized carbons (Fsp3) is 0.579. The number of amides is 2. The first-order valence-electron chi connectivity index (χ1n) is 8.57. The first-order valence-corrected chi connectivity index (χ1v) is 8.57. The number of benzene rings is 1. The number of hydrogen-bond acceptors (Lipinski definition) is 4. The summed E-state index contributed by atoms with van der Waals surface area (Å²) in [4.78, 5) is 26.4. The van der Waals surface area contributed by atoms with Crippen LogP contribution in [0, 0.1) is 5.41 Å². The Labute approximate surface area is 149 Å². The molecule has 138 valence electrons. The first-order chi connectivity index (χ1) is 11.8. The van der Waals surface area contributed by atoms with E-state index in [0.29, 0.717) is 18.0 Å². The van der Waals surface area contributed by atoms with E-state index in [9.17, 15) is 9.59 Å². The van der Waals surface area contributed by atoms with Crippen molar-refractivity contribution in [2.75, 3.05) is 27.3 Å². The highest BCUT2D eigenvalue weighted by Gasteiger charge is 2.32. The fourth-order valence-electron chi connectivity index (χ4n) is 3.00. The van der Waals surface area contributed by atoms with Gasteiger partial charge in [-0.2, -0.15) is 0 Å². The molecule has 1 aliphatic heterocycles. The average molecular weight is 348 g/mol.